The van der Waals surface area contributed by atoms with Gasteiger partial charge in [0.15, 0.2) is 5.96 Å². The molecule has 28 heavy (non-hydrogen) atoms. The molecule has 1 aromatic carbocycles. The van der Waals surface area contributed by atoms with E-state index in [0.29, 0.717) is 30.6 Å². The minimum absolute atomic E-state index is 0. The summed E-state index contributed by atoms with van der Waals surface area (Å²) in [5.41, 5.74) is 2.18. The van der Waals surface area contributed by atoms with Crippen LogP contribution >= 0.6 is 35.6 Å². The van der Waals surface area contributed by atoms with E-state index in [9.17, 15) is 4.79 Å². The normalized spacial score (nSPS) is 10.7. The molecule has 1 heterocycles. The van der Waals surface area contributed by atoms with Crippen LogP contribution in [0.4, 0.5) is 0 Å². The van der Waals surface area contributed by atoms with Crippen molar-refractivity contribution in [1.82, 2.24) is 20.9 Å². The van der Waals surface area contributed by atoms with Gasteiger partial charge < -0.3 is 16.0 Å². The van der Waals surface area contributed by atoms with E-state index in [0.717, 1.165) is 30.6 Å². The van der Waals surface area contributed by atoms with Gasteiger partial charge in [0.1, 0.15) is 5.15 Å². The zero-order valence-electron chi connectivity index (χ0n) is 16.0. The molecule has 0 spiro atoms. The Bertz CT molecular complexity index is 725. The second-order valence-electron chi connectivity index (χ2n) is 5.94. The average Bonchev–Trinajstić information content (AvgIpc) is 2.69. The van der Waals surface area contributed by atoms with E-state index in [1.54, 1.807) is 12.3 Å². The fourth-order valence-electron chi connectivity index (χ4n) is 2.38. The first-order valence-electron chi connectivity index (χ1n) is 9.10. The first kappa shape index (κ1) is 24.2. The maximum Gasteiger partial charge on any atom is 0.222 e. The summed E-state index contributed by atoms with van der Waals surface area (Å²) in [6, 6.07) is 13.6. The summed E-state index contributed by atoms with van der Waals surface area (Å²) in [6.45, 7) is 4.45. The summed E-state index contributed by atoms with van der Waals surface area (Å²) in [7, 11) is 0. The first-order chi connectivity index (χ1) is 13.2. The maximum absolute atomic E-state index is 11.9. The van der Waals surface area contributed by atoms with Crippen molar-refractivity contribution >= 4 is 47.4 Å². The largest absolute Gasteiger partial charge is 0.357 e. The second-order valence-corrected chi connectivity index (χ2v) is 6.33. The lowest BCUT2D eigenvalue weighted by molar-refractivity contribution is -0.121. The van der Waals surface area contributed by atoms with Gasteiger partial charge in [0.25, 0.3) is 0 Å². The van der Waals surface area contributed by atoms with Crippen molar-refractivity contribution in [3.63, 3.8) is 0 Å². The third-order valence-corrected chi connectivity index (χ3v) is 4.00. The molecule has 3 N–H and O–H groups in total. The van der Waals surface area contributed by atoms with Crippen LogP contribution in [0.1, 0.15) is 24.5 Å². The van der Waals surface area contributed by atoms with E-state index in [2.05, 4.69) is 25.9 Å². The number of guanidine groups is 1. The number of aromatic nitrogens is 1. The molecular formula is C20H27ClIN5O. The minimum Gasteiger partial charge on any atom is -0.357 e. The molecule has 1 aromatic heterocycles. The SMILES string of the molecule is CCNC(=NCCC(=O)NCc1ccccc1)NCCc1ccc(Cl)nc1.I. The highest BCUT2D eigenvalue weighted by Gasteiger charge is 2.02. The third-order valence-electron chi connectivity index (χ3n) is 3.78. The third kappa shape index (κ3) is 9.89. The standard InChI is InChI=1S/C20H26ClN5O.HI/c1-2-22-20(23-12-10-17-8-9-18(21)25-14-17)24-13-11-19(27)26-15-16-6-4-3-5-7-16;/h3-9,14H,2,10-13,15H2,1H3,(H,26,27)(H2,22,23,24);1H. The number of nitrogens with one attached hydrogen (secondary N) is 3. The van der Waals surface area contributed by atoms with Crippen LogP contribution in [-0.2, 0) is 17.8 Å². The highest BCUT2D eigenvalue weighted by atomic mass is 127. The Balaban J connectivity index is 0.00000392. The van der Waals surface area contributed by atoms with Crippen LogP contribution in [0.15, 0.2) is 53.7 Å². The van der Waals surface area contributed by atoms with Crippen molar-refractivity contribution in [2.75, 3.05) is 19.6 Å². The molecular weight excluding hydrogens is 489 g/mol. The van der Waals surface area contributed by atoms with Gasteiger partial charge in [-0.2, -0.15) is 0 Å². The van der Waals surface area contributed by atoms with Crippen molar-refractivity contribution in [1.29, 1.82) is 0 Å². The van der Waals surface area contributed by atoms with Crippen molar-refractivity contribution in [2.45, 2.75) is 26.3 Å². The summed E-state index contributed by atoms with van der Waals surface area (Å²) in [5.74, 6) is 0.695. The van der Waals surface area contributed by atoms with Crippen LogP contribution in [0.5, 0.6) is 0 Å². The molecule has 0 bridgehead atoms. The lowest BCUT2D eigenvalue weighted by atomic mass is 10.2. The van der Waals surface area contributed by atoms with Crippen LogP contribution in [-0.4, -0.2) is 36.5 Å². The first-order valence-corrected chi connectivity index (χ1v) is 9.48. The van der Waals surface area contributed by atoms with E-state index in [1.165, 1.54) is 0 Å². The topological polar surface area (TPSA) is 78.4 Å². The Kier molecular flexibility index (Phi) is 12.2. The number of benzene rings is 1. The molecule has 6 nitrogen and oxygen atoms in total. The van der Waals surface area contributed by atoms with Gasteiger partial charge in [0.05, 0.1) is 6.54 Å². The monoisotopic (exact) mass is 515 g/mol. The summed E-state index contributed by atoms with van der Waals surface area (Å²) in [6.07, 6.45) is 2.93. The molecule has 0 fully saturated rings. The molecule has 0 aliphatic rings. The number of rotatable bonds is 9. The Morgan fingerprint density at radius 1 is 1.07 bits per heavy atom. The van der Waals surface area contributed by atoms with Gasteiger partial charge in [-0.15, -0.1) is 24.0 Å². The number of pyridine rings is 1. The van der Waals surface area contributed by atoms with Crippen LogP contribution in [0.2, 0.25) is 5.15 Å². The molecule has 0 radical (unpaired) electrons. The number of hydrogen-bond acceptors (Lipinski definition) is 3. The number of aliphatic imine (C=N–C) groups is 1. The summed E-state index contributed by atoms with van der Waals surface area (Å²) in [4.78, 5) is 20.5. The predicted octanol–water partition coefficient (Wildman–Crippen LogP) is 3.16. The molecule has 8 heteroatoms. The summed E-state index contributed by atoms with van der Waals surface area (Å²) in [5, 5.41) is 9.84. The fraction of sp³-hybridized carbons (Fsp3) is 0.350. The molecule has 152 valence electrons. The van der Waals surface area contributed by atoms with Crippen LogP contribution in [0, 0.1) is 0 Å². The number of amides is 1. The second kappa shape index (κ2) is 14.2. The Hall–Kier alpha value is -1.87. The quantitative estimate of drug-likeness (QED) is 0.207. The van der Waals surface area contributed by atoms with E-state index in [1.807, 2.05) is 43.3 Å². The highest BCUT2D eigenvalue weighted by Crippen LogP contribution is 2.05. The zero-order chi connectivity index (χ0) is 19.3. The number of hydrogen-bond donors (Lipinski definition) is 3. The van der Waals surface area contributed by atoms with E-state index in [4.69, 9.17) is 11.6 Å². The Morgan fingerprint density at radius 3 is 2.54 bits per heavy atom. The molecule has 0 unspecified atom stereocenters. The van der Waals surface area contributed by atoms with Crippen LogP contribution < -0.4 is 16.0 Å². The lowest BCUT2D eigenvalue weighted by Crippen LogP contribution is -2.38. The molecule has 0 saturated heterocycles. The van der Waals surface area contributed by atoms with E-state index >= 15 is 0 Å². The van der Waals surface area contributed by atoms with E-state index < -0.39 is 0 Å². The maximum atomic E-state index is 11.9. The molecule has 2 aromatic rings. The molecule has 1 amide bonds. The summed E-state index contributed by atoms with van der Waals surface area (Å²) >= 11 is 5.79. The van der Waals surface area contributed by atoms with Gasteiger partial charge >= 0.3 is 0 Å². The smallest absolute Gasteiger partial charge is 0.222 e. The number of nitrogens with zero attached hydrogens (tertiary/aromatic N) is 2. The van der Waals surface area contributed by atoms with Gasteiger partial charge in [0.2, 0.25) is 5.91 Å². The Morgan fingerprint density at radius 2 is 1.86 bits per heavy atom. The average molecular weight is 516 g/mol. The minimum atomic E-state index is -0.00862. The van der Waals surface area contributed by atoms with Gasteiger partial charge in [-0.05, 0) is 30.5 Å². The fourth-order valence-corrected chi connectivity index (χ4v) is 2.49. The molecule has 0 aliphatic carbocycles. The lowest BCUT2D eigenvalue weighted by Gasteiger charge is -2.11. The number of halogens is 2. The van der Waals surface area contributed by atoms with Gasteiger partial charge in [-0.1, -0.05) is 48.0 Å². The molecule has 0 atom stereocenters. The molecule has 2 rings (SSSR count). The number of carbonyl (C=O) groups excluding carboxylic acids is 1. The predicted molar refractivity (Wildman–Crippen MR) is 125 cm³/mol. The van der Waals surface area contributed by atoms with Gasteiger partial charge in [0, 0.05) is 32.3 Å². The summed E-state index contributed by atoms with van der Waals surface area (Å²) < 4.78 is 0. The van der Waals surface area contributed by atoms with Gasteiger partial charge in [-0.25, -0.2) is 4.98 Å². The van der Waals surface area contributed by atoms with Gasteiger partial charge in [-0.3, -0.25) is 9.79 Å². The van der Waals surface area contributed by atoms with Crippen molar-refractivity contribution in [2.24, 2.45) is 4.99 Å². The Labute approximate surface area is 188 Å². The van der Waals surface area contributed by atoms with Crippen molar-refractivity contribution in [3.05, 3.63) is 64.9 Å². The molecule has 0 saturated carbocycles. The highest BCUT2D eigenvalue weighted by molar-refractivity contribution is 14.0. The van der Waals surface area contributed by atoms with Crippen LogP contribution in [0.25, 0.3) is 0 Å². The van der Waals surface area contributed by atoms with E-state index in [-0.39, 0.29) is 29.9 Å². The van der Waals surface area contributed by atoms with Crippen LogP contribution in [0.3, 0.4) is 0 Å². The zero-order valence-corrected chi connectivity index (χ0v) is 19.0. The number of carbonyl (C=O) groups is 1. The van der Waals surface area contributed by atoms with Crippen molar-refractivity contribution < 1.29 is 4.79 Å². The molecule has 0 aliphatic heterocycles. The van der Waals surface area contributed by atoms with Crippen molar-refractivity contribution in [3.8, 4) is 0 Å².